The van der Waals surface area contributed by atoms with Crippen LogP contribution in [0.3, 0.4) is 0 Å². The van der Waals surface area contributed by atoms with Gasteiger partial charge in [0.2, 0.25) is 0 Å². The summed E-state index contributed by atoms with van der Waals surface area (Å²) in [6.45, 7) is 0. The molecule has 8 heteroatoms. The van der Waals surface area contributed by atoms with E-state index < -0.39 is 11.7 Å². The van der Waals surface area contributed by atoms with Crippen LogP contribution in [0.2, 0.25) is 5.02 Å². The van der Waals surface area contributed by atoms with Crippen molar-refractivity contribution in [1.82, 2.24) is 14.8 Å². The summed E-state index contributed by atoms with van der Waals surface area (Å²) in [4.78, 5) is 0. The second kappa shape index (κ2) is 6.25. The fourth-order valence-corrected chi connectivity index (χ4v) is 3.64. The molecule has 0 radical (unpaired) electrons. The number of alkyl halides is 3. The Kier molecular flexibility index (Phi) is 4.16. The number of rotatable bonds is 3. The molecule has 26 heavy (non-hydrogen) atoms. The average Bonchev–Trinajstić information content (AvgIpc) is 3.31. The molecule has 2 aromatic carbocycles. The van der Waals surface area contributed by atoms with E-state index in [0.717, 1.165) is 18.6 Å². The van der Waals surface area contributed by atoms with Crippen LogP contribution in [0.25, 0.3) is 5.69 Å². The van der Waals surface area contributed by atoms with E-state index in [1.54, 1.807) is 0 Å². The van der Waals surface area contributed by atoms with E-state index in [2.05, 4.69) is 10.2 Å². The van der Waals surface area contributed by atoms with Crippen molar-refractivity contribution in [3.05, 3.63) is 75.3 Å². The number of hydrogen-bond acceptors (Lipinski definition) is 2. The number of H-pyrrole nitrogens is 1. The van der Waals surface area contributed by atoms with Gasteiger partial charge in [0.05, 0.1) is 16.3 Å². The van der Waals surface area contributed by atoms with Gasteiger partial charge in [-0.2, -0.15) is 18.3 Å². The lowest BCUT2D eigenvalue weighted by Gasteiger charge is -2.13. The van der Waals surface area contributed by atoms with Gasteiger partial charge in [-0.25, -0.2) is 0 Å². The fraction of sp³-hybridized carbons (Fsp3) is 0.222. The Labute approximate surface area is 157 Å². The first-order valence-corrected chi connectivity index (χ1v) is 8.74. The zero-order valence-corrected chi connectivity index (χ0v) is 14.9. The minimum absolute atomic E-state index is 0.0796. The molecule has 0 bridgehead atoms. The largest absolute Gasteiger partial charge is 0.416 e. The van der Waals surface area contributed by atoms with Crippen molar-refractivity contribution in [2.45, 2.75) is 24.4 Å². The molecule has 2 atom stereocenters. The van der Waals surface area contributed by atoms with E-state index in [-0.39, 0.29) is 27.3 Å². The SMILES string of the molecule is FC(F)(F)c1ccc(Cl)c(-n2c([C@@H]3C[C@@H]3c3ccccc3)n[nH]c2=S)c1. The summed E-state index contributed by atoms with van der Waals surface area (Å²) in [5.74, 6) is 0.950. The van der Waals surface area contributed by atoms with Gasteiger partial charge in [0.15, 0.2) is 4.77 Å². The molecule has 1 aliphatic rings. The van der Waals surface area contributed by atoms with Crippen LogP contribution in [0.5, 0.6) is 0 Å². The Morgan fingerprint density at radius 1 is 1.12 bits per heavy atom. The maximum atomic E-state index is 13.1. The van der Waals surface area contributed by atoms with Gasteiger partial charge in [0, 0.05) is 5.92 Å². The van der Waals surface area contributed by atoms with Crippen molar-refractivity contribution in [1.29, 1.82) is 0 Å². The normalized spacial score (nSPS) is 19.5. The van der Waals surface area contributed by atoms with Crippen LogP contribution < -0.4 is 0 Å². The summed E-state index contributed by atoms with van der Waals surface area (Å²) in [5, 5.41) is 7.15. The molecule has 1 heterocycles. The number of hydrogen-bond donors (Lipinski definition) is 1. The molecular weight excluding hydrogens is 383 g/mol. The first-order chi connectivity index (χ1) is 12.4. The minimum atomic E-state index is -4.46. The third-order valence-electron chi connectivity index (χ3n) is 4.56. The van der Waals surface area contributed by atoms with Gasteiger partial charge in [-0.3, -0.25) is 9.67 Å². The second-order valence-corrected chi connectivity index (χ2v) is 7.04. The number of halogens is 4. The van der Waals surface area contributed by atoms with Crippen molar-refractivity contribution in [3.63, 3.8) is 0 Å². The summed E-state index contributed by atoms with van der Waals surface area (Å²) in [7, 11) is 0. The summed E-state index contributed by atoms with van der Waals surface area (Å²) in [6, 6.07) is 13.1. The highest BCUT2D eigenvalue weighted by Gasteiger charge is 2.43. The highest BCUT2D eigenvalue weighted by atomic mass is 35.5. The standard InChI is InChI=1S/C18H13ClF3N3S/c19-14-7-6-11(18(20,21)22)8-15(14)25-16(23-24-17(25)26)13-9-12(13)10-4-2-1-3-5-10/h1-8,12-13H,9H2,(H,24,26)/t12-,13-/m1/s1. The molecule has 1 N–H and O–H groups in total. The molecule has 1 fully saturated rings. The highest BCUT2D eigenvalue weighted by molar-refractivity contribution is 7.71. The predicted molar refractivity (Wildman–Crippen MR) is 95.3 cm³/mol. The molecule has 0 amide bonds. The first-order valence-electron chi connectivity index (χ1n) is 7.95. The number of benzene rings is 2. The fourth-order valence-electron chi connectivity index (χ4n) is 3.20. The van der Waals surface area contributed by atoms with Crippen molar-refractivity contribution in [3.8, 4) is 5.69 Å². The van der Waals surface area contributed by atoms with Crippen LogP contribution in [-0.4, -0.2) is 14.8 Å². The summed E-state index contributed by atoms with van der Waals surface area (Å²) in [5.41, 5.74) is 0.586. The van der Waals surface area contributed by atoms with E-state index in [9.17, 15) is 13.2 Å². The zero-order chi connectivity index (χ0) is 18.5. The van der Waals surface area contributed by atoms with Crippen molar-refractivity contribution in [2.24, 2.45) is 0 Å². The molecule has 0 saturated heterocycles. The molecule has 3 aromatic rings. The van der Waals surface area contributed by atoms with E-state index in [0.29, 0.717) is 5.82 Å². The molecule has 1 aliphatic carbocycles. The molecule has 0 spiro atoms. The Morgan fingerprint density at radius 2 is 1.85 bits per heavy atom. The van der Waals surface area contributed by atoms with E-state index in [1.165, 1.54) is 16.2 Å². The smallest absolute Gasteiger partial charge is 0.270 e. The van der Waals surface area contributed by atoms with Gasteiger partial charge in [-0.1, -0.05) is 41.9 Å². The third kappa shape index (κ3) is 3.05. The van der Waals surface area contributed by atoms with Gasteiger partial charge in [-0.05, 0) is 48.3 Å². The lowest BCUT2D eigenvalue weighted by Crippen LogP contribution is -2.08. The van der Waals surface area contributed by atoms with Crippen LogP contribution >= 0.6 is 23.8 Å². The first kappa shape index (κ1) is 17.3. The lowest BCUT2D eigenvalue weighted by atomic mass is 10.1. The molecule has 4 rings (SSSR count). The van der Waals surface area contributed by atoms with Crippen LogP contribution in [0.1, 0.15) is 35.2 Å². The van der Waals surface area contributed by atoms with Gasteiger partial charge in [0.1, 0.15) is 5.82 Å². The maximum Gasteiger partial charge on any atom is 0.416 e. The summed E-state index contributed by atoms with van der Waals surface area (Å²) < 4.78 is 41.0. The molecule has 1 aromatic heterocycles. The van der Waals surface area contributed by atoms with Gasteiger partial charge < -0.3 is 0 Å². The van der Waals surface area contributed by atoms with Crippen LogP contribution in [0.15, 0.2) is 48.5 Å². The molecule has 0 aliphatic heterocycles. The van der Waals surface area contributed by atoms with Crippen molar-refractivity contribution >= 4 is 23.8 Å². The number of aromatic nitrogens is 3. The topological polar surface area (TPSA) is 33.6 Å². The van der Waals surface area contributed by atoms with Gasteiger partial charge >= 0.3 is 6.18 Å². The Bertz CT molecular complexity index is 1010. The van der Waals surface area contributed by atoms with Crippen LogP contribution in [0.4, 0.5) is 13.2 Å². The van der Waals surface area contributed by atoms with E-state index in [1.807, 2.05) is 30.3 Å². The number of nitrogens with zero attached hydrogens (tertiary/aromatic N) is 2. The summed E-state index contributed by atoms with van der Waals surface area (Å²) in [6.07, 6.45) is -3.60. The van der Waals surface area contributed by atoms with Gasteiger partial charge in [-0.15, -0.1) is 0 Å². The van der Waals surface area contributed by atoms with Gasteiger partial charge in [0.25, 0.3) is 0 Å². The van der Waals surface area contributed by atoms with Crippen molar-refractivity contribution in [2.75, 3.05) is 0 Å². The zero-order valence-electron chi connectivity index (χ0n) is 13.3. The quantitative estimate of drug-likeness (QED) is 0.562. The Balaban J connectivity index is 1.76. The van der Waals surface area contributed by atoms with Crippen LogP contribution in [-0.2, 0) is 6.18 Å². The minimum Gasteiger partial charge on any atom is -0.270 e. The Hall–Kier alpha value is -2.12. The molecule has 3 nitrogen and oxygen atoms in total. The number of aromatic amines is 1. The van der Waals surface area contributed by atoms with Crippen molar-refractivity contribution < 1.29 is 13.2 Å². The molecule has 0 unspecified atom stereocenters. The summed E-state index contributed by atoms with van der Waals surface area (Å²) >= 11 is 11.4. The Morgan fingerprint density at radius 3 is 2.54 bits per heavy atom. The van der Waals surface area contributed by atoms with E-state index in [4.69, 9.17) is 23.8 Å². The number of nitrogens with one attached hydrogen (secondary N) is 1. The van der Waals surface area contributed by atoms with Crippen LogP contribution in [0, 0.1) is 4.77 Å². The average molecular weight is 396 g/mol. The second-order valence-electron chi connectivity index (χ2n) is 6.25. The molecule has 134 valence electrons. The maximum absolute atomic E-state index is 13.1. The molecule has 1 saturated carbocycles. The van der Waals surface area contributed by atoms with E-state index >= 15 is 0 Å². The molecular formula is C18H13ClF3N3S. The highest BCUT2D eigenvalue weighted by Crippen LogP contribution is 2.54. The predicted octanol–water partition coefficient (Wildman–Crippen LogP) is 5.87. The lowest BCUT2D eigenvalue weighted by molar-refractivity contribution is -0.137. The monoisotopic (exact) mass is 395 g/mol. The third-order valence-corrected chi connectivity index (χ3v) is 5.16.